The molecule has 3 heterocycles. The number of aromatic nitrogens is 1. The largest absolute Gasteiger partial charge is 0.468 e. The van der Waals surface area contributed by atoms with E-state index in [1.165, 1.54) is 42.3 Å². The SMILES string of the molecule is CC1CCc2[nH]c3ccc(C(=O)NCC(c4ccco4)N4CCCCC4)cc3c2C1. The second-order valence-electron chi connectivity index (χ2n) is 9.03. The van der Waals surface area contributed by atoms with Crippen LogP contribution in [0.1, 0.15) is 66.0 Å². The van der Waals surface area contributed by atoms with Gasteiger partial charge in [-0.3, -0.25) is 9.69 Å². The number of benzene rings is 1. The number of likely N-dealkylation sites (tertiary alicyclic amines) is 1. The van der Waals surface area contributed by atoms with Gasteiger partial charge in [0.05, 0.1) is 12.3 Å². The van der Waals surface area contributed by atoms with E-state index in [0.29, 0.717) is 12.5 Å². The Labute approximate surface area is 177 Å². The molecule has 0 saturated carbocycles. The lowest BCUT2D eigenvalue weighted by atomic mass is 9.87. The van der Waals surface area contributed by atoms with E-state index in [9.17, 15) is 4.79 Å². The Morgan fingerprint density at radius 2 is 2.13 bits per heavy atom. The molecule has 2 aromatic heterocycles. The first-order chi connectivity index (χ1) is 14.7. The summed E-state index contributed by atoms with van der Waals surface area (Å²) in [7, 11) is 0. The van der Waals surface area contributed by atoms with Gasteiger partial charge >= 0.3 is 0 Å². The van der Waals surface area contributed by atoms with Crippen molar-refractivity contribution in [2.75, 3.05) is 19.6 Å². The lowest BCUT2D eigenvalue weighted by Gasteiger charge is -2.33. The summed E-state index contributed by atoms with van der Waals surface area (Å²) < 4.78 is 5.71. The number of piperidine rings is 1. The van der Waals surface area contributed by atoms with E-state index >= 15 is 0 Å². The van der Waals surface area contributed by atoms with Crippen molar-refractivity contribution in [3.63, 3.8) is 0 Å². The second-order valence-corrected chi connectivity index (χ2v) is 9.03. The highest BCUT2D eigenvalue weighted by atomic mass is 16.3. The van der Waals surface area contributed by atoms with E-state index in [-0.39, 0.29) is 11.9 Å². The molecule has 1 aliphatic carbocycles. The summed E-state index contributed by atoms with van der Waals surface area (Å²) in [5.41, 5.74) is 4.63. The molecule has 2 aliphatic rings. The van der Waals surface area contributed by atoms with Crippen LogP contribution in [0.3, 0.4) is 0 Å². The van der Waals surface area contributed by atoms with Gasteiger partial charge in [0.1, 0.15) is 5.76 Å². The van der Waals surface area contributed by atoms with Crippen LogP contribution in [0.2, 0.25) is 0 Å². The summed E-state index contributed by atoms with van der Waals surface area (Å²) in [4.78, 5) is 19.0. The summed E-state index contributed by atoms with van der Waals surface area (Å²) in [6, 6.07) is 10.1. The maximum Gasteiger partial charge on any atom is 0.251 e. The number of hydrogen-bond donors (Lipinski definition) is 2. The Balaban J connectivity index is 1.34. The monoisotopic (exact) mass is 405 g/mol. The number of aromatic amines is 1. The molecule has 5 nitrogen and oxygen atoms in total. The molecule has 1 aromatic carbocycles. The molecule has 1 amide bonds. The summed E-state index contributed by atoms with van der Waals surface area (Å²) >= 11 is 0. The molecule has 2 N–H and O–H groups in total. The third-order valence-electron chi connectivity index (χ3n) is 6.86. The quantitative estimate of drug-likeness (QED) is 0.638. The molecule has 0 bridgehead atoms. The third-order valence-corrected chi connectivity index (χ3v) is 6.86. The third kappa shape index (κ3) is 3.79. The molecule has 0 spiro atoms. The minimum Gasteiger partial charge on any atom is -0.468 e. The van der Waals surface area contributed by atoms with Crippen LogP contribution < -0.4 is 5.32 Å². The van der Waals surface area contributed by atoms with Crippen LogP contribution in [0, 0.1) is 5.92 Å². The van der Waals surface area contributed by atoms with Crippen molar-refractivity contribution in [3.05, 3.63) is 59.2 Å². The van der Waals surface area contributed by atoms with E-state index in [2.05, 4.69) is 34.3 Å². The normalized spacial score (nSPS) is 20.8. The molecule has 5 rings (SSSR count). The van der Waals surface area contributed by atoms with Crippen molar-refractivity contribution in [1.82, 2.24) is 15.2 Å². The zero-order valence-electron chi connectivity index (χ0n) is 17.7. The molecule has 158 valence electrons. The van der Waals surface area contributed by atoms with Crippen LogP contribution in [0.15, 0.2) is 41.0 Å². The molecule has 1 aliphatic heterocycles. The number of nitrogens with zero attached hydrogens (tertiary/aromatic N) is 1. The number of furan rings is 1. The number of carbonyl (C=O) groups excluding carboxylic acids is 1. The number of hydrogen-bond acceptors (Lipinski definition) is 3. The number of rotatable bonds is 5. The van der Waals surface area contributed by atoms with Gasteiger partial charge in [0.2, 0.25) is 0 Å². The molecule has 1 saturated heterocycles. The summed E-state index contributed by atoms with van der Waals surface area (Å²) in [6.45, 7) is 4.99. The summed E-state index contributed by atoms with van der Waals surface area (Å²) in [6.07, 6.45) is 8.85. The molecular weight excluding hydrogens is 374 g/mol. The lowest BCUT2D eigenvalue weighted by molar-refractivity contribution is 0.0914. The van der Waals surface area contributed by atoms with Crippen LogP contribution in [0.4, 0.5) is 0 Å². The predicted octanol–water partition coefficient (Wildman–Crippen LogP) is 4.84. The van der Waals surface area contributed by atoms with Gasteiger partial charge in [0.25, 0.3) is 5.91 Å². The van der Waals surface area contributed by atoms with Crippen LogP contribution in [0.5, 0.6) is 0 Å². The van der Waals surface area contributed by atoms with Gasteiger partial charge < -0.3 is 14.7 Å². The molecule has 1 fully saturated rings. The van der Waals surface area contributed by atoms with Gasteiger partial charge in [-0.05, 0) is 87.0 Å². The van der Waals surface area contributed by atoms with Gasteiger partial charge in [-0.25, -0.2) is 0 Å². The van der Waals surface area contributed by atoms with E-state index in [0.717, 1.165) is 42.8 Å². The molecule has 0 radical (unpaired) electrons. The number of nitrogens with one attached hydrogen (secondary N) is 2. The van der Waals surface area contributed by atoms with E-state index in [1.54, 1.807) is 6.26 Å². The van der Waals surface area contributed by atoms with Gasteiger partial charge in [-0.2, -0.15) is 0 Å². The van der Waals surface area contributed by atoms with Crippen molar-refractivity contribution < 1.29 is 9.21 Å². The first-order valence-corrected chi connectivity index (χ1v) is 11.4. The first-order valence-electron chi connectivity index (χ1n) is 11.4. The van der Waals surface area contributed by atoms with Crippen molar-refractivity contribution >= 4 is 16.8 Å². The van der Waals surface area contributed by atoms with Crippen molar-refractivity contribution in [1.29, 1.82) is 0 Å². The average molecular weight is 406 g/mol. The fraction of sp³-hybridized carbons (Fsp3) is 0.480. The molecule has 30 heavy (non-hydrogen) atoms. The Morgan fingerprint density at radius 3 is 2.93 bits per heavy atom. The van der Waals surface area contributed by atoms with E-state index in [4.69, 9.17) is 4.42 Å². The highest BCUT2D eigenvalue weighted by Gasteiger charge is 2.25. The van der Waals surface area contributed by atoms with Crippen molar-refractivity contribution in [2.45, 2.75) is 51.5 Å². The Bertz CT molecular complexity index is 1010. The van der Waals surface area contributed by atoms with Gasteiger partial charge in [-0.15, -0.1) is 0 Å². The lowest BCUT2D eigenvalue weighted by Crippen LogP contribution is -2.40. The fourth-order valence-corrected chi connectivity index (χ4v) is 5.14. The summed E-state index contributed by atoms with van der Waals surface area (Å²) in [5.74, 6) is 1.62. The summed E-state index contributed by atoms with van der Waals surface area (Å²) in [5, 5.41) is 4.39. The van der Waals surface area contributed by atoms with Gasteiger partial charge in [-0.1, -0.05) is 13.3 Å². The standard InChI is InChI=1S/C25H31N3O2/c1-17-7-9-21-19(14-17)20-15-18(8-10-22(20)27-21)25(29)26-16-23(24-6-5-13-30-24)28-11-3-2-4-12-28/h5-6,8,10,13,15,17,23,27H,2-4,7,9,11-12,14,16H2,1H3,(H,26,29). The number of carbonyl (C=O) groups is 1. The van der Waals surface area contributed by atoms with Crippen molar-refractivity contribution in [3.8, 4) is 0 Å². The maximum atomic E-state index is 13.0. The second kappa shape index (κ2) is 8.31. The highest BCUT2D eigenvalue weighted by Crippen LogP contribution is 2.32. The van der Waals surface area contributed by atoms with Crippen LogP contribution in [-0.4, -0.2) is 35.4 Å². The highest BCUT2D eigenvalue weighted by molar-refractivity contribution is 5.99. The molecule has 5 heteroatoms. The van der Waals surface area contributed by atoms with Crippen LogP contribution in [0.25, 0.3) is 10.9 Å². The first kappa shape index (κ1) is 19.4. The van der Waals surface area contributed by atoms with E-state index < -0.39 is 0 Å². The average Bonchev–Trinajstić information content (AvgIpc) is 3.42. The van der Waals surface area contributed by atoms with Crippen molar-refractivity contribution in [2.24, 2.45) is 5.92 Å². The number of H-pyrrole nitrogens is 1. The molecule has 3 aromatic rings. The van der Waals surface area contributed by atoms with Crippen LogP contribution in [-0.2, 0) is 12.8 Å². The number of aryl methyl sites for hydroxylation is 1. The minimum absolute atomic E-state index is 0.00993. The van der Waals surface area contributed by atoms with Crippen LogP contribution >= 0.6 is 0 Å². The number of amides is 1. The topological polar surface area (TPSA) is 61.3 Å². The minimum atomic E-state index is -0.00993. The predicted molar refractivity (Wildman–Crippen MR) is 119 cm³/mol. The van der Waals surface area contributed by atoms with E-state index in [1.807, 2.05) is 18.2 Å². The zero-order valence-corrected chi connectivity index (χ0v) is 17.7. The molecular formula is C25H31N3O2. The zero-order chi connectivity index (χ0) is 20.5. The molecule has 2 atom stereocenters. The van der Waals surface area contributed by atoms with Gasteiger partial charge in [0.15, 0.2) is 0 Å². The Kier molecular flexibility index (Phi) is 5.38. The maximum absolute atomic E-state index is 13.0. The fourth-order valence-electron chi connectivity index (χ4n) is 5.14. The molecule has 2 unspecified atom stereocenters. The Morgan fingerprint density at radius 1 is 1.27 bits per heavy atom. The number of fused-ring (bicyclic) bond motifs is 3. The Hall–Kier alpha value is -2.53. The van der Waals surface area contributed by atoms with Gasteiger partial charge in [0, 0.05) is 28.7 Å². The smallest absolute Gasteiger partial charge is 0.251 e.